The van der Waals surface area contributed by atoms with Gasteiger partial charge in [-0.15, -0.1) is 10.2 Å². The molecule has 2 heterocycles. The SMILES string of the molecule is COc1cc(OC)cc(C(=O)NCCNc2ccc(-n3nc(C)cc3C)nn2)c1. The standard InChI is InChI=1S/C20H24N6O3/c1-13-9-14(2)26(25-13)19-6-5-18(23-24-19)21-7-8-22-20(27)15-10-16(28-3)12-17(11-15)29-4/h5-6,9-12H,7-8H2,1-4H3,(H,21,23)(H,22,27). The van der Waals surface area contributed by atoms with Gasteiger partial charge in [-0.2, -0.15) is 5.10 Å². The summed E-state index contributed by atoms with van der Waals surface area (Å²) in [5.74, 6) is 2.18. The van der Waals surface area contributed by atoms with Crippen LogP contribution in [0.25, 0.3) is 5.82 Å². The lowest BCUT2D eigenvalue weighted by Crippen LogP contribution is -2.29. The molecule has 0 fully saturated rings. The zero-order valence-corrected chi connectivity index (χ0v) is 16.9. The molecule has 0 spiro atoms. The van der Waals surface area contributed by atoms with E-state index in [1.165, 1.54) is 0 Å². The molecule has 3 rings (SSSR count). The highest BCUT2D eigenvalue weighted by molar-refractivity contribution is 5.95. The van der Waals surface area contributed by atoms with Gasteiger partial charge in [-0.3, -0.25) is 4.79 Å². The van der Waals surface area contributed by atoms with Crippen LogP contribution in [-0.2, 0) is 0 Å². The van der Waals surface area contributed by atoms with Crippen LogP contribution in [0.5, 0.6) is 11.5 Å². The molecule has 0 aliphatic rings. The van der Waals surface area contributed by atoms with Gasteiger partial charge < -0.3 is 20.1 Å². The normalized spacial score (nSPS) is 10.5. The minimum absolute atomic E-state index is 0.213. The topological polar surface area (TPSA) is 103 Å². The second-order valence-electron chi connectivity index (χ2n) is 6.40. The van der Waals surface area contributed by atoms with Crippen molar-refractivity contribution < 1.29 is 14.3 Å². The maximum atomic E-state index is 12.3. The molecule has 1 amide bonds. The number of carbonyl (C=O) groups is 1. The van der Waals surface area contributed by atoms with E-state index in [2.05, 4.69) is 25.9 Å². The van der Waals surface area contributed by atoms with Gasteiger partial charge in [0.1, 0.15) is 17.3 Å². The average Bonchev–Trinajstić information content (AvgIpc) is 3.08. The molecule has 0 bridgehead atoms. The number of anilines is 1. The van der Waals surface area contributed by atoms with E-state index in [4.69, 9.17) is 9.47 Å². The highest BCUT2D eigenvalue weighted by Gasteiger charge is 2.10. The van der Waals surface area contributed by atoms with E-state index in [9.17, 15) is 4.79 Å². The van der Waals surface area contributed by atoms with Crippen LogP contribution in [0.3, 0.4) is 0 Å². The molecule has 152 valence electrons. The molecule has 0 atom stereocenters. The van der Waals surface area contributed by atoms with Crippen LogP contribution < -0.4 is 20.1 Å². The summed E-state index contributed by atoms with van der Waals surface area (Å²) in [6.07, 6.45) is 0. The zero-order chi connectivity index (χ0) is 20.8. The van der Waals surface area contributed by atoms with Crippen molar-refractivity contribution in [1.82, 2.24) is 25.3 Å². The second-order valence-corrected chi connectivity index (χ2v) is 6.40. The average molecular weight is 396 g/mol. The van der Waals surface area contributed by atoms with Gasteiger partial charge in [0.25, 0.3) is 5.91 Å². The van der Waals surface area contributed by atoms with Gasteiger partial charge in [-0.1, -0.05) is 0 Å². The Kier molecular flexibility index (Phi) is 6.28. The molecule has 0 aliphatic heterocycles. The summed E-state index contributed by atoms with van der Waals surface area (Å²) >= 11 is 0. The molecule has 1 aromatic carbocycles. The third-order valence-electron chi connectivity index (χ3n) is 4.21. The Morgan fingerprint density at radius 1 is 1.00 bits per heavy atom. The van der Waals surface area contributed by atoms with E-state index in [1.807, 2.05) is 32.0 Å². The molecule has 9 heteroatoms. The first-order chi connectivity index (χ1) is 14.0. The Morgan fingerprint density at radius 2 is 1.72 bits per heavy atom. The number of ether oxygens (including phenoxy) is 2. The summed E-state index contributed by atoms with van der Waals surface area (Å²) in [5.41, 5.74) is 2.39. The molecular formula is C20H24N6O3. The van der Waals surface area contributed by atoms with Gasteiger partial charge >= 0.3 is 0 Å². The Morgan fingerprint density at radius 3 is 2.28 bits per heavy atom. The van der Waals surface area contributed by atoms with Crippen molar-refractivity contribution in [2.75, 3.05) is 32.6 Å². The molecule has 2 N–H and O–H groups in total. The number of aromatic nitrogens is 4. The minimum Gasteiger partial charge on any atom is -0.497 e. The largest absolute Gasteiger partial charge is 0.497 e. The molecular weight excluding hydrogens is 372 g/mol. The predicted octanol–water partition coefficient (Wildman–Crippen LogP) is 2.14. The summed E-state index contributed by atoms with van der Waals surface area (Å²) in [6, 6.07) is 10.7. The Balaban J connectivity index is 1.51. The van der Waals surface area contributed by atoms with Crippen LogP contribution in [-0.4, -0.2) is 53.2 Å². The van der Waals surface area contributed by atoms with Crippen LogP contribution in [0, 0.1) is 13.8 Å². The van der Waals surface area contributed by atoms with Crippen LogP contribution in [0.15, 0.2) is 36.4 Å². The van der Waals surface area contributed by atoms with Crippen molar-refractivity contribution in [1.29, 1.82) is 0 Å². The van der Waals surface area contributed by atoms with E-state index in [1.54, 1.807) is 37.1 Å². The summed E-state index contributed by atoms with van der Waals surface area (Å²) in [7, 11) is 3.09. The molecule has 2 aromatic heterocycles. The van der Waals surface area contributed by atoms with E-state index in [0.29, 0.717) is 41.8 Å². The maximum absolute atomic E-state index is 12.3. The first kappa shape index (κ1) is 20.1. The van der Waals surface area contributed by atoms with Gasteiger partial charge in [0.2, 0.25) is 0 Å². The summed E-state index contributed by atoms with van der Waals surface area (Å²) < 4.78 is 12.1. The lowest BCUT2D eigenvalue weighted by atomic mass is 10.2. The number of rotatable bonds is 8. The summed E-state index contributed by atoms with van der Waals surface area (Å²) in [4.78, 5) is 12.3. The number of benzene rings is 1. The number of methoxy groups -OCH3 is 2. The molecule has 9 nitrogen and oxygen atoms in total. The number of hydrogen-bond donors (Lipinski definition) is 2. The first-order valence-corrected chi connectivity index (χ1v) is 9.12. The fraction of sp³-hybridized carbons (Fsp3) is 0.300. The monoisotopic (exact) mass is 396 g/mol. The number of amides is 1. The number of carbonyl (C=O) groups excluding carboxylic acids is 1. The fourth-order valence-electron chi connectivity index (χ4n) is 2.80. The van der Waals surface area contributed by atoms with Crippen molar-refractivity contribution in [3.63, 3.8) is 0 Å². The van der Waals surface area contributed by atoms with Crippen LogP contribution >= 0.6 is 0 Å². The minimum atomic E-state index is -0.213. The number of nitrogens with one attached hydrogen (secondary N) is 2. The van der Waals surface area contributed by atoms with E-state index >= 15 is 0 Å². The molecule has 0 saturated carbocycles. The van der Waals surface area contributed by atoms with Gasteiger partial charge in [-0.25, -0.2) is 4.68 Å². The van der Waals surface area contributed by atoms with Crippen LogP contribution in [0.4, 0.5) is 5.82 Å². The fourth-order valence-corrected chi connectivity index (χ4v) is 2.80. The van der Waals surface area contributed by atoms with Crippen molar-refractivity contribution in [3.05, 3.63) is 53.3 Å². The Labute approximate surface area is 169 Å². The lowest BCUT2D eigenvalue weighted by Gasteiger charge is -2.10. The van der Waals surface area contributed by atoms with Crippen molar-refractivity contribution >= 4 is 11.7 Å². The Bertz CT molecular complexity index is 962. The predicted molar refractivity (Wildman–Crippen MR) is 109 cm³/mol. The number of hydrogen-bond acceptors (Lipinski definition) is 7. The van der Waals surface area contributed by atoms with Gasteiger partial charge in [0, 0.05) is 30.4 Å². The second kappa shape index (κ2) is 9.05. The lowest BCUT2D eigenvalue weighted by molar-refractivity contribution is 0.0954. The molecule has 3 aromatic rings. The van der Waals surface area contributed by atoms with Crippen LogP contribution in [0.1, 0.15) is 21.7 Å². The molecule has 0 radical (unpaired) electrons. The van der Waals surface area contributed by atoms with Gasteiger partial charge in [-0.05, 0) is 44.2 Å². The molecule has 29 heavy (non-hydrogen) atoms. The van der Waals surface area contributed by atoms with Crippen molar-refractivity contribution in [2.24, 2.45) is 0 Å². The highest BCUT2D eigenvalue weighted by atomic mass is 16.5. The maximum Gasteiger partial charge on any atom is 0.251 e. The van der Waals surface area contributed by atoms with Gasteiger partial charge in [0.15, 0.2) is 5.82 Å². The molecule has 0 saturated heterocycles. The Hall–Kier alpha value is -3.62. The highest BCUT2D eigenvalue weighted by Crippen LogP contribution is 2.22. The van der Waals surface area contributed by atoms with E-state index < -0.39 is 0 Å². The van der Waals surface area contributed by atoms with Crippen molar-refractivity contribution in [3.8, 4) is 17.3 Å². The third-order valence-corrected chi connectivity index (χ3v) is 4.21. The van der Waals surface area contributed by atoms with Crippen LogP contribution in [0.2, 0.25) is 0 Å². The summed E-state index contributed by atoms with van der Waals surface area (Å²) in [6.45, 7) is 4.82. The number of nitrogens with zero attached hydrogens (tertiary/aromatic N) is 4. The van der Waals surface area contributed by atoms with Crippen molar-refractivity contribution in [2.45, 2.75) is 13.8 Å². The number of aryl methyl sites for hydroxylation is 2. The van der Waals surface area contributed by atoms with E-state index in [-0.39, 0.29) is 5.91 Å². The molecule has 0 aliphatic carbocycles. The van der Waals surface area contributed by atoms with E-state index in [0.717, 1.165) is 11.4 Å². The molecule has 0 unspecified atom stereocenters. The smallest absolute Gasteiger partial charge is 0.251 e. The first-order valence-electron chi connectivity index (χ1n) is 9.12. The zero-order valence-electron chi connectivity index (χ0n) is 16.9. The quantitative estimate of drug-likeness (QED) is 0.562. The third kappa shape index (κ3) is 5.01. The van der Waals surface area contributed by atoms with Gasteiger partial charge in [0.05, 0.1) is 19.9 Å². The summed E-state index contributed by atoms with van der Waals surface area (Å²) in [5, 5.41) is 18.7.